The molecule has 2 fully saturated rings. The maximum absolute atomic E-state index is 11.9. The monoisotopic (exact) mass is 322 g/mol. The molecule has 1 aliphatic heterocycles. The Morgan fingerprint density at radius 1 is 1.13 bits per heavy atom. The zero-order valence-electron chi connectivity index (χ0n) is 9.08. The van der Waals surface area contributed by atoms with Crippen LogP contribution in [0.25, 0.3) is 0 Å². The molecule has 0 amide bonds. The van der Waals surface area contributed by atoms with Gasteiger partial charge in [-0.1, -0.05) is 35.4 Å². The first-order chi connectivity index (χ1) is 7.31. The standard InChI is InChI=1S/C12H19IO2/c13-8-10-6-3-5-9-4-1-2-7-11(9)12(14)15-10/h9-11H,1-8H2/t9-,10+,11-/m1/s1. The van der Waals surface area contributed by atoms with E-state index in [0.29, 0.717) is 5.92 Å². The SMILES string of the molecule is O=C1O[C@H](CI)CCC[C@H]2CCCC[C@@H]12. The second-order valence-electron chi connectivity index (χ2n) is 4.80. The largest absolute Gasteiger partial charge is 0.461 e. The van der Waals surface area contributed by atoms with Crippen molar-refractivity contribution in [2.45, 2.75) is 51.0 Å². The van der Waals surface area contributed by atoms with E-state index in [1.807, 2.05) is 0 Å². The molecule has 1 saturated carbocycles. The molecule has 15 heavy (non-hydrogen) atoms. The van der Waals surface area contributed by atoms with E-state index in [-0.39, 0.29) is 18.0 Å². The first-order valence-electron chi connectivity index (χ1n) is 6.07. The topological polar surface area (TPSA) is 26.3 Å². The third-order valence-electron chi connectivity index (χ3n) is 3.77. The summed E-state index contributed by atoms with van der Waals surface area (Å²) in [4.78, 5) is 11.9. The lowest BCUT2D eigenvalue weighted by molar-refractivity contribution is -0.158. The van der Waals surface area contributed by atoms with E-state index >= 15 is 0 Å². The number of cyclic esters (lactones) is 1. The summed E-state index contributed by atoms with van der Waals surface area (Å²) in [7, 11) is 0. The third kappa shape index (κ3) is 2.86. The van der Waals surface area contributed by atoms with Crippen LogP contribution >= 0.6 is 22.6 Å². The minimum Gasteiger partial charge on any atom is -0.461 e. The maximum Gasteiger partial charge on any atom is 0.309 e. The molecule has 0 aromatic rings. The van der Waals surface area contributed by atoms with Crippen molar-refractivity contribution in [2.24, 2.45) is 11.8 Å². The second-order valence-corrected chi connectivity index (χ2v) is 5.68. The van der Waals surface area contributed by atoms with Gasteiger partial charge in [0.25, 0.3) is 0 Å². The Balaban J connectivity index is 2.01. The summed E-state index contributed by atoms with van der Waals surface area (Å²) in [6.07, 6.45) is 8.56. The predicted octanol–water partition coefficient (Wildman–Crippen LogP) is 3.32. The van der Waals surface area contributed by atoms with Crippen molar-refractivity contribution in [3.63, 3.8) is 0 Å². The molecule has 1 heterocycles. The van der Waals surface area contributed by atoms with Crippen LogP contribution in [0.15, 0.2) is 0 Å². The molecule has 2 rings (SSSR count). The van der Waals surface area contributed by atoms with Gasteiger partial charge < -0.3 is 4.74 Å². The van der Waals surface area contributed by atoms with Crippen molar-refractivity contribution in [1.29, 1.82) is 0 Å². The number of hydrogen-bond acceptors (Lipinski definition) is 2. The van der Waals surface area contributed by atoms with E-state index < -0.39 is 0 Å². The van der Waals surface area contributed by atoms with Crippen molar-refractivity contribution in [2.75, 3.05) is 4.43 Å². The van der Waals surface area contributed by atoms with Gasteiger partial charge in [0.05, 0.1) is 5.92 Å². The van der Waals surface area contributed by atoms with E-state index in [9.17, 15) is 4.79 Å². The van der Waals surface area contributed by atoms with Gasteiger partial charge in [0.2, 0.25) is 0 Å². The third-order valence-corrected chi connectivity index (χ3v) is 4.75. The predicted molar refractivity (Wildman–Crippen MR) is 68.1 cm³/mol. The Morgan fingerprint density at radius 3 is 2.67 bits per heavy atom. The van der Waals surface area contributed by atoms with Gasteiger partial charge in [-0.3, -0.25) is 4.79 Å². The molecule has 1 saturated heterocycles. The van der Waals surface area contributed by atoms with E-state index in [1.54, 1.807) is 0 Å². The number of carbonyl (C=O) groups is 1. The lowest BCUT2D eigenvalue weighted by atomic mass is 9.76. The van der Waals surface area contributed by atoms with Gasteiger partial charge in [-0.05, 0) is 38.0 Å². The van der Waals surface area contributed by atoms with Crippen LogP contribution < -0.4 is 0 Å². The minimum absolute atomic E-state index is 0.0982. The summed E-state index contributed by atoms with van der Waals surface area (Å²) < 4.78 is 6.51. The molecule has 1 aliphatic carbocycles. The van der Waals surface area contributed by atoms with E-state index in [1.165, 1.54) is 32.1 Å². The molecule has 0 bridgehead atoms. The van der Waals surface area contributed by atoms with Gasteiger partial charge in [-0.25, -0.2) is 0 Å². The number of fused-ring (bicyclic) bond motifs is 1. The molecule has 2 aliphatic rings. The summed E-state index contributed by atoms with van der Waals surface area (Å²) in [5, 5.41) is 0. The Kier molecular flexibility index (Phi) is 4.29. The fraction of sp³-hybridized carbons (Fsp3) is 0.917. The fourth-order valence-corrected chi connectivity index (χ4v) is 3.51. The molecule has 86 valence electrons. The summed E-state index contributed by atoms with van der Waals surface area (Å²) in [5.41, 5.74) is 0. The Morgan fingerprint density at radius 2 is 1.87 bits per heavy atom. The second kappa shape index (κ2) is 5.51. The number of carbonyl (C=O) groups excluding carboxylic acids is 1. The van der Waals surface area contributed by atoms with Gasteiger partial charge in [0.15, 0.2) is 0 Å². The normalized spacial score (nSPS) is 37.4. The molecule has 0 N–H and O–H groups in total. The molecular weight excluding hydrogens is 303 g/mol. The summed E-state index contributed by atoms with van der Waals surface area (Å²) in [6, 6.07) is 0. The zero-order chi connectivity index (χ0) is 10.7. The Hall–Kier alpha value is 0.200. The summed E-state index contributed by atoms with van der Waals surface area (Å²) in [5.74, 6) is 0.951. The van der Waals surface area contributed by atoms with Crippen molar-refractivity contribution in [1.82, 2.24) is 0 Å². The van der Waals surface area contributed by atoms with Crippen molar-refractivity contribution in [3.05, 3.63) is 0 Å². The highest BCUT2D eigenvalue weighted by atomic mass is 127. The smallest absolute Gasteiger partial charge is 0.309 e. The molecule has 3 atom stereocenters. The van der Waals surface area contributed by atoms with E-state index in [2.05, 4.69) is 22.6 Å². The quantitative estimate of drug-likeness (QED) is 0.420. The number of halogens is 1. The van der Waals surface area contributed by atoms with Crippen molar-refractivity contribution < 1.29 is 9.53 Å². The Labute approximate surface area is 105 Å². The lowest BCUT2D eigenvalue weighted by Crippen LogP contribution is -2.34. The molecule has 0 spiro atoms. The number of ether oxygens (including phenoxy) is 1. The molecule has 0 aromatic carbocycles. The number of esters is 1. The summed E-state index contributed by atoms with van der Waals surface area (Å²) in [6.45, 7) is 0. The van der Waals surface area contributed by atoms with E-state index in [4.69, 9.17) is 4.74 Å². The van der Waals surface area contributed by atoms with Crippen molar-refractivity contribution >= 4 is 28.6 Å². The summed E-state index contributed by atoms with van der Waals surface area (Å²) >= 11 is 2.32. The molecular formula is C12H19IO2. The number of rotatable bonds is 1. The average Bonchev–Trinajstić information content (AvgIpc) is 2.25. The van der Waals surface area contributed by atoms with Crippen LogP contribution in [0.1, 0.15) is 44.9 Å². The van der Waals surface area contributed by atoms with E-state index in [0.717, 1.165) is 17.3 Å². The van der Waals surface area contributed by atoms with Crippen LogP contribution in [-0.2, 0) is 9.53 Å². The van der Waals surface area contributed by atoms with Gasteiger partial charge >= 0.3 is 5.97 Å². The van der Waals surface area contributed by atoms with Gasteiger partial charge in [0, 0.05) is 4.43 Å². The maximum atomic E-state index is 11.9. The molecule has 0 aromatic heterocycles. The molecule has 2 nitrogen and oxygen atoms in total. The van der Waals surface area contributed by atoms with Gasteiger partial charge in [0.1, 0.15) is 6.10 Å². The first kappa shape index (κ1) is 11.7. The zero-order valence-corrected chi connectivity index (χ0v) is 11.2. The van der Waals surface area contributed by atoms with Gasteiger partial charge in [-0.2, -0.15) is 0 Å². The highest BCUT2D eigenvalue weighted by molar-refractivity contribution is 14.1. The van der Waals surface area contributed by atoms with Crippen LogP contribution in [0, 0.1) is 11.8 Å². The fourth-order valence-electron chi connectivity index (χ4n) is 2.89. The highest BCUT2D eigenvalue weighted by Crippen LogP contribution is 2.36. The minimum atomic E-state index is 0.0982. The van der Waals surface area contributed by atoms with Crippen LogP contribution in [-0.4, -0.2) is 16.5 Å². The average molecular weight is 322 g/mol. The lowest BCUT2D eigenvalue weighted by Gasteiger charge is -2.33. The van der Waals surface area contributed by atoms with Crippen molar-refractivity contribution in [3.8, 4) is 0 Å². The van der Waals surface area contributed by atoms with Gasteiger partial charge in [-0.15, -0.1) is 0 Å². The Bertz CT molecular complexity index is 230. The molecule has 0 radical (unpaired) electrons. The number of alkyl halides is 1. The first-order valence-corrected chi connectivity index (χ1v) is 7.60. The van der Waals surface area contributed by atoms with Crippen LogP contribution in [0.3, 0.4) is 0 Å². The molecule has 3 heteroatoms. The number of hydrogen-bond donors (Lipinski definition) is 0. The van der Waals surface area contributed by atoms with Crippen LogP contribution in [0.2, 0.25) is 0 Å². The van der Waals surface area contributed by atoms with Crippen LogP contribution in [0.5, 0.6) is 0 Å². The van der Waals surface area contributed by atoms with Crippen LogP contribution in [0.4, 0.5) is 0 Å². The highest BCUT2D eigenvalue weighted by Gasteiger charge is 2.34. The molecule has 0 unspecified atom stereocenters.